The van der Waals surface area contributed by atoms with Gasteiger partial charge in [-0.15, -0.1) is 11.6 Å². The number of amidine groups is 1. The predicted octanol–water partition coefficient (Wildman–Crippen LogP) is 2.54. The highest BCUT2D eigenvalue weighted by molar-refractivity contribution is 6.27. The van der Waals surface area contributed by atoms with E-state index >= 15 is 0 Å². The molecule has 0 amide bonds. The van der Waals surface area contributed by atoms with Gasteiger partial charge in [0.15, 0.2) is 5.54 Å². The Kier molecular flexibility index (Phi) is 7.85. The number of nitrogens with zero attached hydrogens (tertiary/aromatic N) is 2. The van der Waals surface area contributed by atoms with E-state index in [1.54, 1.807) is 0 Å². The molecule has 0 aromatic carbocycles. The first-order chi connectivity index (χ1) is 14.6. The lowest BCUT2D eigenvalue weighted by Crippen LogP contribution is -2.61. The molecule has 0 fully saturated rings. The number of rotatable bonds is 5. The lowest BCUT2D eigenvalue weighted by Gasteiger charge is -2.45. The molecule has 1 aliphatic heterocycles. The number of halogens is 5. The smallest absolute Gasteiger partial charge is 0.354 e. The quantitative estimate of drug-likeness (QED) is 0.448. The van der Waals surface area contributed by atoms with Crippen molar-refractivity contribution in [3.63, 3.8) is 0 Å². The van der Waals surface area contributed by atoms with E-state index in [4.69, 9.17) is 32.9 Å². The Labute approximate surface area is 179 Å². The first kappa shape index (κ1) is 24.4. The van der Waals surface area contributed by atoms with Gasteiger partial charge >= 0.3 is 5.97 Å². The Bertz CT molecular complexity index is 897. The van der Waals surface area contributed by atoms with Gasteiger partial charge in [-0.05, 0) is 24.3 Å². The van der Waals surface area contributed by atoms with Crippen molar-refractivity contribution in [2.24, 2.45) is 16.5 Å². The minimum atomic E-state index is -3.05. The van der Waals surface area contributed by atoms with E-state index < -0.39 is 42.1 Å². The zero-order chi connectivity index (χ0) is 23.2. The minimum absolute atomic E-state index is 0.0852. The SMILES string of the molecule is NC1=CC=C(F)C(Cl)([C@]2(C(F)F)COCC(N)=N2)C1.O=C(O)c1ccc(OCF)cn1. The normalized spacial score (nSPS) is 25.5. The van der Waals surface area contributed by atoms with Crippen LogP contribution in [0.5, 0.6) is 5.75 Å². The van der Waals surface area contributed by atoms with E-state index in [1.165, 1.54) is 18.2 Å². The highest BCUT2D eigenvalue weighted by Gasteiger charge is 2.61. The molecule has 13 heteroatoms. The van der Waals surface area contributed by atoms with Crippen molar-refractivity contribution in [2.45, 2.75) is 23.3 Å². The average Bonchev–Trinajstić information content (AvgIpc) is 2.72. The first-order valence-corrected chi connectivity index (χ1v) is 9.03. The molecule has 8 nitrogen and oxygen atoms in total. The van der Waals surface area contributed by atoms with E-state index in [0.29, 0.717) is 0 Å². The Hall–Kier alpha value is -2.86. The fraction of sp³-hybridized carbons (Fsp3) is 0.389. The maximum absolute atomic E-state index is 14.1. The van der Waals surface area contributed by atoms with Crippen LogP contribution in [0.4, 0.5) is 17.6 Å². The molecule has 5 N–H and O–H groups in total. The van der Waals surface area contributed by atoms with Gasteiger partial charge < -0.3 is 26.0 Å². The summed E-state index contributed by atoms with van der Waals surface area (Å²) in [6.07, 6.45) is 0.0703. The number of hydrogen-bond donors (Lipinski definition) is 3. The summed E-state index contributed by atoms with van der Waals surface area (Å²) in [4.78, 5) is 15.4. The lowest BCUT2D eigenvalue weighted by atomic mass is 9.77. The summed E-state index contributed by atoms with van der Waals surface area (Å²) in [5.74, 6) is -1.98. The number of ether oxygens (including phenoxy) is 2. The number of alkyl halides is 4. The molecule has 1 aromatic rings. The molecule has 2 heterocycles. The van der Waals surface area contributed by atoms with Gasteiger partial charge in [0.2, 0.25) is 6.86 Å². The van der Waals surface area contributed by atoms with Crippen molar-refractivity contribution in [3.05, 3.63) is 47.7 Å². The number of carbonyl (C=O) groups is 1. The molecule has 1 aliphatic carbocycles. The number of allylic oxidation sites excluding steroid dienone is 3. The molecule has 31 heavy (non-hydrogen) atoms. The third kappa shape index (κ3) is 5.25. The van der Waals surface area contributed by atoms with E-state index in [-0.39, 0.29) is 36.0 Å². The van der Waals surface area contributed by atoms with Crippen molar-refractivity contribution in [3.8, 4) is 5.75 Å². The first-order valence-electron chi connectivity index (χ1n) is 8.65. The second-order valence-electron chi connectivity index (χ2n) is 6.49. The van der Waals surface area contributed by atoms with Crippen LogP contribution in [0.1, 0.15) is 16.9 Å². The fourth-order valence-corrected chi connectivity index (χ4v) is 3.27. The van der Waals surface area contributed by atoms with Gasteiger partial charge in [-0.2, -0.15) is 0 Å². The molecule has 0 bridgehead atoms. The molecule has 0 spiro atoms. The van der Waals surface area contributed by atoms with Crippen molar-refractivity contribution < 1.29 is 36.9 Å². The summed E-state index contributed by atoms with van der Waals surface area (Å²) in [5.41, 5.74) is 8.82. The van der Waals surface area contributed by atoms with Crippen LogP contribution >= 0.6 is 11.6 Å². The van der Waals surface area contributed by atoms with Crippen LogP contribution in [0.3, 0.4) is 0 Å². The van der Waals surface area contributed by atoms with Crippen molar-refractivity contribution in [1.82, 2.24) is 4.98 Å². The van der Waals surface area contributed by atoms with Crippen LogP contribution in [-0.4, -0.2) is 58.8 Å². The third-order valence-corrected chi connectivity index (χ3v) is 5.05. The summed E-state index contributed by atoms with van der Waals surface area (Å²) in [7, 11) is 0. The zero-order valence-corrected chi connectivity index (χ0v) is 16.7. The Balaban J connectivity index is 0.000000245. The number of aliphatic imine (C=N–C) groups is 1. The molecule has 0 saturated heterocycles. The Morgan fingerprint density at radius 3 is 2.58 bits per heavy atom. The monoisotopic (exact) mass is 466 g/mol. The molecular weight excluding hydrogens is 448 g/mol. The lowest BCUT2D eigenvalue weighted by molar-refractivity contribution is -0.0298. The summed E-state index contributed by atoms with van der Waals surface area (Å²) in [6.45, 7) is -1.56. The van der Waals surface area contributed by atoms with E-state index in [9.17, 15) is 22.4 Å². The minimum Gasteiger partial charge on any atom is -0.477 e. The number of aromatic carboxylic acids is 1. The summed E-state index contributed by atoms with van der Waals surface area (Å²) >= 11 is 6.13. The molecule has 0 saturated carbocycles. The number of nitrogens with two attached hydrogens (primary N) is 2. The Morgan fingerprint density at radius 2 is 2.06 bits per heavy atom. The summed E-state index contributed by atoms with van der Waals surface area (Å²) in [5, 5.41) is 8.43. The average molecular weight is 467 g/mol. The molecule has 0 radical (unpaired) electrons. The van der Waals surface area contributed by atoms with Gasteiger partial charge in [0.05, 0.1) is 12.8 Å². The van der Waals surface area contributed by atoms with E-state index in [1.807, 2.05) is 0 Å². The Morgan fingerprint density at radius 1 is 1.35 bits per heavy atom. The van der Waals surface area contributed by atoms with Crippen molar-refractivity contribution >= 4 is 23.4 Å². The topological polar surface area (TPSA) is 133 Å². The van der Waals surface area contributed by atoms with Crippen LogP contribution in [0.15, 0.2) is 47.0 Å². The van der Waals surface area contributed by atoms with Crippen molar-refractivity contribution in [1.29, 1.82) is 0 Å². The van der Waals surface area contributed by atoms with Gasteiger partial charge in [-0.25, -0.2) is 27.3 Å². The van der Waals surface area contributed by atoms with Gasteiger partial charge in [-0.1, -0.05) is 0 Å². The second-order valence-corrected chi connectivity index (χ2v) is 7.14. The highest BCUT2D eigenvalue weighted by Crippen LogP contribution is 2.49. The van der Waals surface area contributed by atoms with Gasteiger partial charge in [0.1, 0.15) is 34.6 Å². The summed E-state index contributed by atoms with van der Waals surface area (Å²) < 4.78 is 62.0. The fourth-order valence-electron chi connectivity index (χ4n) is 2.87. The maximum Gasteiger partial charge on any atom is 0.354 e. The number of carboxylic acids is 1. The van der Waals surface area contributed by atoms with Crippen LogP contribution in [0.2, 0.25) is 0 Å². The van der Waals surface area contributed by atoms with Crippen LogP contribution in [0, 0.1) is 0 Å². The summed E-state index contributed by atoms with van der Waals surface area (Å²) in [6, 6.07) is 2.59. The van der Waals surface area contributed by atoms with E-state index in [0.717, 1.165) is 12.3 Å². The molecule has 170 valence electrons. The second kappa shape index (κ2) is 9.96. The van der Waals surface area contributed by atoms with E-state index in [2.05, 4.69) is 14.7 Å². The predicted molar refractivity (Wildman–Crippen MR) is 104 cm³/mol. The third-order valence-electron chi connectivity index (χ3n) is 4.41. The van der Waals surface area contributed by atoms with Gasteiger partial charge in [0, 0.05) is 12.1 Å². The molecule has 2 aliphatic rings. The van der Waals surface area contributed by atoms with Crippen LogP contribution in [-0.2, 0) is 4.74 Å². The molecule has 1 unspecified atom stereocenters. The largest absolute Gasteiger partial charge is 0.477 e. The number of pyridine rings is 1. The van der Waals surface area contributed by atoms with Gasteiger partial charge in [0.25, 0.3) is 6.43 Å². The molecule has 1 aromatic heterocycles. The standard InChI is InChI=1S/C11H13ClF3N3O.C7H6FNO3/c12-10(3-6(16)1-2-7(10)13)11(9(14)15)5-19-4-8(17)18-11;8-4-12-5-1-2-6(7(10)11)9-3-5/h1-2,9H,3-5,16H2,(H2,17,18);1-3H,4H2,(H,10,11)/t10?,11-;/m1./s1. The molecule has 3 rings (SSSR count). The molecule has 2 atom stereocenters. The van der Waals surface area contributed by atoms with Gasteiger partial charge in [-0.3, -0.25) is 4.99 Å². The zero-order valence-electron chi connectivity index (χ0n) is 15.9. The maximum atomic E-state index is 14.1. The number of hydrogen-bond acceptors (Lipinski definition) is 7. The number of carboxylic acid groups (broad SMARTS) is 1. The van der Waals surface area contributed by atoms with Crippen LogP contribution in [0.25, 0.3) is 0 Å². The number of aromatic nitrogens is 1. The highest BCUT2D eigenvalue weighted by atomic mass is 35.5. The van der Waals surface area contributed by atoms with Crippen molar-refractivity contribution in [2.75, 3.05) is 20.1 Å². The van der Waals surface area contributed by atoms with Crippen LogP contribution < -0.4 is 16.2 Å². The molecular formula is C18H19ClF4N4O4.